The molecule has 0 unspecified atom stereocenters. The average Bonchev–Trinajstić information content (AvgIpc) is 3.29. The molecule has 134 valence electrons. The largest absolute Gasteiger partial charge is 0.497 e. The average molecular weight is 341 g/mol. The van der Waals surface area contributed by atoms with Gasteiger partial charge in [0.05, 0.1) is 13.7 Å². The van der Waals surface area contributed by atoms with Crippen LogP contribution in [0.2, 0.25) is 0 Å². The summed E-state index contributed by atoms with van der Waals surface area (Å²) in [5.41, 5.74) is 1.40. The fourth-order valence-corrected chi connectivity index (χ4v) is 4.65. The molecule has 2 aliphatic rings. The summed E-state index contributed by atoms with van der Waals surface area (Å²) in [6, 6.07) is 9.09. The molecular formula is C19H27N5O. The summed E-state index contributed by atoms with van der Waals surface area (Å²) in [6.45, 7) is 7.42. The van der Waals surface area contributed by atoms with E-state index in [-0.39, 0.29) is 0 Å². The number of hydrogen-bond acceptors (Lipinski definition) is 5. The van der Waals surface area contributed by atoms with Gasteiger partial charge in [-0.05, 0) is 43.5 Å². The summed E-state index contributed by atoms with van der Waals surface area (Å²) in [6.07, 6.45) is 1.83. The molecule has 0 aliphatic carbocycles. The number of hydrogen-bond donors (Lipinski definition) is 0. The van der Waals surface area contributed by atoms with E-state index in [1.54, 1.807) is 7.11 Å². The van der Waals surface area contributed by atoms with E-state index in [4.69, 9.17) is 4.74 Å². The van der Waals surface area contributed by atoms with E-state index in [2.05, 4.69) is 62.8 Å². The van der Waals surface area contributed by atoms with Crippen molar-refractivity contribution in [3.05, 3.63) is 42.0 Å². The van der Waals surface area contributed by atoms with Gasteiger partial charge in [-0.3, -0.25) is 9.80 Å². The van der Waals surface area contributed by atoms with Gasteiger partial charge < -0.3 is 9.30 Å². The molecule has 0 N–H and O–H groups in total. The van der Waals surface area contributed by atoms with Crippen molar-refractivity contribution in [3.63, 3.8) is 0 Å². The minimum Gasteiger partial charge on any atom is -0.497 e. The molecule has 2 saturated heterocycles. The number of aryl methyl sites for hydroxylation is 1. The summed E-state index contributed by atoms with van der Waals surface area (Å²) >= 11 is 0. The maximum atomic E-state index is 5.31. The van der Waals surface area contributed by atoms with Gasteiger partial charge in [0, 0.05) is 32.2 Å². The zero-order chi connectivity index (χ0) is 17.4. The van der Waals surface area contributed by atoms with E-state index in [1.807, 2.05) is 6.33 Å². The van der Waals surface area contributed by atoms with E-state index < -0.39 is 0 Å². The first-order valence-electron chi connectivity index (χ1n) is 9.12. The van der Waals surface area contributed by atoms with Gasteiger partial charge in [0.15, 0.2) is 0 Å². The summed E-state index contributed by atoms with van der Waals surface area (Å²) in [7, 11) is 3.97. The Balaban J connectivity index is 1.48. The van der Waals surface area contributed by atoms with E-state index >= 15 is 0 Å². The fourth-order valence-electron chi connectivity index (χ4n) is 4.65. The Labute approximate surface area is 149 Å². The maximum Gasteiger partial charge on any atom is 0.146 e. The number of aromatic nitrogens is 3. The second-order valence-corrected chi connectivity index (χ2v) is 7.31. The number of ether oxygens (including phenoxy) is 1. The molecule has 2 aromatic rings. The lowest BCUT2D eigenvalue weighted by Crippen LogP contribution is -2.29. The van der Waals surface area contributed by atoms with Crippen LogP contribution in [0.5, 0.6) is 5.75 Å². The SMILES string of the molecule is CCn1cnnc1CN1C[C@@H]2CN(C)[C@@H](c3ccc(OC)cc3)[C@@H]2C1. The van der Waals surface area contributed by atoms with Crippen molar-refractivity contribution in [1.82, 2.24) is 24.6 Å². The second-order valence-electron chi connectivity index (χ2n) is 7.31. The molecule has 2 aliphatic heterocycles. The molecule has 6 nitrogen and oxygen atoms in total. The highest BCUT2D eigenvalue weighted by molar-refractivity contribution is 5.30. The monoisotopic (exact) mass is 341 g/mol. The number of rotatable bonds is 5. The van der Waals surface area contributed by atoms with Crippen molar-refractivity contribution in [1.29, 1.82) is 0 Å². The van der Waals surface area contributed by atoms with E-state index in [1.165, 1.54) is 12.1 Å². The third-order valence-corrected chi connectivity index (χ3v) is 5.83. The van der Waals surface area contributed by atoms with Crippen molar-refractivity contribution in [3.8, 4) is 5.75 Å². The van der Waals surface area contributed by atoms with Crippen LogP contribution < -0.4 is 4.74 Å². The lowest BCUT2D eigenvalue weighted by atomic mass is 9.89. The smallest absolute Gasteiger partial charge is 0.146 e. The number of likely N-dealkylation sites (tertiary alicyclic amines) is 2. The summed E-state index contributed by atoms with van der Waals surface area (Å²) in [4.78, 5) is 5.07. The Kier molecular flexibility index (Phi) is 4.48. The quantitative estimate of drug-likeness (QED) is 0.833. The minimum absolute atomic E-state index is 0.491. The first-order chi connectivity index (χ1) is 12.2. The molecule has 0 amide bonds. The van der Waals surface area contributed by atoms with Crippen molar-refractivity contribution in [2.45, 2.75) is 26.1 Å². The number of benzene rings is 1. The summed E-state index contributed by atoms with van der Waals surface area (Å²) < 4.78 is 7.45. The maximum absolute atomic E-state index is 5.31. The molecule has 0 saturated carbocycles. The molecule has 0 radical (unpaired) electrons. The van der Waals surface area contributed by atoms with Gasteiger partial charge in [-0.1, -0.05) is 12.1 Å². The van der Waals surface area contributed by atoms with Crippen LogP contribution in [-0.2, 0) is 13.1 Å². The van der Waals surface area contributed by atoms with Crippen molar-refractivity contribution in [2.24, 2.45) is 11.8 Å². The van der Waals surface area contributed by atoms with Gasteiger partial charge >= 0.3 is 0 Å². The van der Waals surface area contributed by atoms with Gasteiger partial charge in [0.2, 0.25) is 0 Å². The standard InChI is InChI=1S/C19H27N5O/c1-4-24-13-20-21-18(24)12-23-10-15-9-22(2)19(17(15)11-23)14-5-7-16(25-3)8-6-14/h5-8,13,15,17,19H,4,9-12H2,1-3H3/t15-,17+,19-/m0/s1. The normalized spacial score (nSPS) is 26.9. The van der Waals surface area contributed by atoms with E-state index in [9.17, 15) is 0 Å². The zero-order valence-electron chi connectivity index (χ0n) is 15.3. The van der Waals surface area contributed by atoms with Crippen molar-refractivity contribution in [2.75, 3.05) is 33.8 Å². The van der Waals surface area contributed by atoms with E-state index in [0.29, 0.717) is 12.0 Å². The Hall–Kier alpha value is -1.92. The molecule has 1 aromatic heterocycles. The lowest BCUT2D eigenvalue weighted by Gasteiger charge is -2.26. The third kappa shape index (κ3) is 3.04. The topological polar surface area (TPSA) is 46.4 Å². The molecular weight excluding hydrogens is 314 g/mol. The Morgan fingerprint density at radius 1 is 1.16 bits per heavy atom. The first-order valence-corrected chi connectivity index (χ1v) is 9.12. The molecule has 4 rings (SSSR count). The van der Waals surface area contributed by atoms with E-state index in [0.717, 1.165) is 43.7 Å². The molecule has 6 heteroatoms. The molecule has 3 atom stereocenters. The number of nitrogens with zero attached hydrogens (tertiary/aromatic N) is 5. The predicted octanol–water partition coefficient (Wildman–Crippen LogP) is 2.04. The predicted molar refractivity (Wildman–Crippen MR) is 96.3 cm³/mol. The van der Waals surface area contributed by atoms with Gasteiger partial charge in [-0.15, -0.1) is 10.2 Å². The van der Waals surface area contributed by atoms with Gasteiger partial charge in [0.1, 0.15) is 17.9 Å². The highest BCUT2D eigenvalue weighted by atomic mass is 16.5. The molecule has 25 heavy (non-hydrogen) atoms. The Morgan fingerprint density at radius 3 is 2.68 bits per heavy atom. The summed E-state index contributed by atoms with van der Waals surface area (Å²) in [5.74, 6) is 3.41. The molecule has 0 bridgehead atoms. The molecule has 0 spiro atoms. The highest BCUT2D eigenvalue weighted by Gasteiger charge is 2.46. The van der Waals surface area contributed by atoms with Gasteiger partial charge in [-0.25, -0.2) is 0 Å². The van der Waals surface area contributed by atoms with Crippen LogP contribution in [0.4, 0.5) is 0 Å². The number of methoxy groups -OCH3 is 1. The first kappa shape index (κ1) is 16.5. The summed E-state index contributed by atoms with van der Waals surface area (Å²) in [5, 5.41) is 8.37. The Morgan fingerprint density at radius 2 is 1.96 bits per heavy atom. The second kappa shape index (κ2) is 6.77. The zero-order valence-corrected chi connectivity index (χ0v) is 15.3. The minimum atomic E-state index is 0.491. The highest BCUT2D eigenvalue weighted by Crippen LogP contribution is 2.44. The van der Waals surface area contributed by atoms with Crippen LogP contribution in [0.3, 0.4) is 0 Å². The van der Waals surface area contributed by atoms with Gasteiger partial charge in [-0.2, -0.15) is 0 Å². The Bertz CT molecular complexity index is 713. The van der Waals surface area contributed by atoms with Gasteiger partial charge in [0.25, 0.3) is 0 Å². The third-order valence-electron chi connectivity index (χ3n) is 5.83. The van der Waals surface area contributed by atoms with Crippen molar-refractivity contribution < 1.29 is 4.74 Å². The molecule has 3 heterocycles. The van der Waals surface area contributed by atoms with Crippen LogP contribution in [-0.4, -0.2) is 58.4 Å². The van der Waals surface area contributed by atoms with Crippen LogP contribution in [0, 0.1) is 11.8 Å². The van der Waals surface area contributed by atoms with Crippen molar-refractivity contribution >= 4 is 0 Å². The number of fused-ring (bicyclic) bond motifs is 1. The van der Waals surface area contributed by atoms with Crippen LogP contribution in [0.1, 0.15) is 24.4 Å². The van der Waals surface area contributed by atoms with Crippen LogP contribution >= 0.6 is 0 Å². The van der Waals surface area contributed by atoms with Crippen LogP contribution in [0.15, 0.2) is 30.6 Å². The molecule has 1 aromatic carbocycles. The fraction of sp³-hybridized carbons (Fsp3) is 0.579. The lowest BCUT2D eigenvalue weighted by molar-refractivity contribution is 0.220. The molecule has 2 fully saturated rings. The van der Waals surface area contributed by atoms with Crippen LogP contribution in [0.25, 0.3) is 0 Å².